The van der Waals surface area contributed by atoms with Gasteiger partial charge < -0.3 is 9.80 Å². The molecule has 0 radical (unpaired) electrons. The second-order valence-corrected chi connectivity index (χ2v) is 5.38. The summed E-state index contributed by atoms with van der Waals surface area (Å²) in [6.45, 7) is 7.32. The minimum absolute atomic E-state index is 0.183. The molecule has 1 heterocycles. The first kappa shape index (κ1) is 14.8. The fourth-order valence-electron chi connectivity index (χ4n) is 2.79. The molecule has 2 rings (SSSR count). The average molecular weight is 272 g/mol. The van der Waals surface area contributed by atoms with Crippen molar-refractivity contribution in [2.45, 2.75) is 19.8 Å². The molecule has 0 spiro atoms. The van der Waals surface area contributed by atoms with Crippen molar-refractivity contribution in [3.05, 3.63) is 47.5 Å². The molecule has 0 saturated heterocycles. The van der Waals surface area contributed by atoms with Crippen LogP contribution in [0.1, 0.15) is 25.3 Å². The Hall–Kier alpha value is -1.61. The molecule has 0 bridgehead atoms. The molecular formula is C17H24N2O. The highest BCUT2D eigenvalue weighted by molar-refractivity contribution is 5.94. The van der Waals surface area contributed by atoms with Gasteiger partial charge in [0.15, 0.2) is 0 Å². The Morgan fingerprint density at radius 2 is 1.90 bits per heavy atom. The van der Waals surface area contributed by atoms with Gasteiger partial charge in [-0.1, -0.05) is 36.4 Å². The van der Waals surface area contributed by atoms with Crippen LogP contribution in [0.5, 0.6) is 0 Å². The van der Waals surface area contributed by atoms with Crippen LogP contribution in [0.25, 0.3) is 0 Å². The predicted molar refractivity (Wildman–Crippen MR) is 82.7 cm³/mol. The van der Waals surface area contributed by atoms with Crippen LogP contribution in [-0.2, 0) is 4.79 Å². The second-order valence-electron chi connectivity index (χ2n) is 5.38. The van der Waals surface area contributed by atoms with Gasteiger partial charge in [0, 0.05) is 37.7 Å². The zero-order valence-electron chi connectivity index (χ0n) is 12.7. The summed E-state index contributed by atoms with van der Waals surface area (Å²) in [4.78, 5) is 16.6. The predicted octanol–water partition coefficient (Wildman–Crippen LogP) is 2.51. The van der Waals surface area contributed by atoms with E-state index in [9.17, 15) is 4.79 Å². The quantitative estimate of drug-likeness (QED) is 0.841. The molecule has 0 fully saturated rings. The summed E-state index contributed by atoms with van der Waals surface area (Å²) in [5.74, 6) is 0.493. The maximum atomic E-state index is 12.5. The monoisotopic (exact) mass is 272 g/mol. The van der Waals surface area contributed by atoms with E-state index < -0.39 is 0 Å². The van der Waals surface area contributed by atoms with Gasteiger partial charge in [0.2, 0.25) is 0 Å². The third-order valence-corrected chi connectivity index (χ3v) is 3.90. The van der Waals surface area contributed by atoms with Crippen molar-refractivity contribution in [1.29, 1.82) is 0 Å². The van der Waals surface area contributed by atoms with Crippen LogP contribution in [0, 0.1) is 0 Å². The zero-order valence-corrected chi connectivity index (χ0v) is 12.7. The molecule has 20 heavy (non-hydrogen) atoms. The molecule has 1 atom stereocenters. The van der Waals surface area contributed by atoms with Gasteiger partial charge in [-0.3, -0.25) is 4.79 Å². The summed E-state index contributed by atoms with van der Waals surface area (Å²) in [5, 5.41) is 0. The smallest absolute Gasteiger partial charge is 0.250 e. The van der Waals surface area contributed by atoms with Crippen LogP contribution >= 0.6 is 0 Å². The summed E-state index contributed by atoms with van der Waals surface area (Å²) in [6.07, 6.45) is 2.16. The maximum absolute atomic E-state index is 12.5. The van der Waals surface area contributed by atoms with E-state index in [4.69, 9.17) is 0 Å². The van der Waals surface area contributed by atoms with Crippen molar-refractivity contribution in [3.63, 3.8) is 0 Å². The third-order valence-electron chi connectivity index (χ3n) is 3.90. The topological polar surface area (TPSA) is 23.6 Å². The highest BCUT2D eigenvalue weighted by atomic mass is 16.2. The number of likely N-dealkylation sites (N-methyl/N-ethyl adjacent to an activating group) is 2. The number of rotatable bonds is 4. The van der Waals surface area contributed by atoms with Gasteiger partial charge in [0.1, 0.15) is 0 Å². The van der Waals surface area contributed by atoms with E-state index in [0.717, 1.165) is 31.8 Å². The summed E-state index contributed by atoms with van der Waals surface area (Å²) in [5.41, 5.74) is 2.21. The molecule has 1 aromatic carbocycles. The molecule has 0 aromatic heterocycles. The Morgan fingerprint density at radius 1 is 1.25 bits per heavy atom. The van der Waals surface area contributed by atoms with Gasteiger partial charge in [-0.05, 0) is 26.5 Å². The lowest BCUT2D eigenvalue weighted by molar-refractivity contribution is -0.127. The minimum atomic E-state index is 0.183. The average Bonchev–Trinajstić information content (AvgIpc) is 2.48. The van der Waals surface area contributed by atoms with Crippen LogP contribution < -0.4 is 0 Å². The lowest BCUT2D eigenvalue weighted by Gasteiger charge is -2.31. The summed E-state index contributed by atoms with van der Waals surface area (Å²) in [6, 6.07) is 10.4. The molecular weight excluding hydrogens is 248 g/mol. The van der Waals surface area contributed by atoms with Gasteiger partial charge in [-0.2, -0.15) is 0 Å². The number of carbonyl (C=O) groups excluding carboxylic acids is 1. The van der Waals surface area contributed by atoms with E-state index in [1.54, 1.807) is 0 Å². The minimum Gasteiger partial charge on any atom is -0.339 e. The maximum Gasteiger partial charge on any atom is 0.250 e. The number of amides is 1. The molecule has 0 N–H and O–H groups in total. The first-order chi connectivity index (χ1) is 9.65. The van der Waals surface area contributed by atoms with Crippen molar-refractivity contribution in [2.75, 3.05) is 33.2 Å². The molecule has 0 saturated carbocycles. The van der Waals surface area contributed by atoms with Gasteiger partial charge in [0.25, 0.3) is 5.91 Å². The van der Waals surface area contributed by atoms with Gasteiger partial charge in [-0.15, -0.1) is 0 Å². The standard InChI is InChI=1S/C17H24N2O/c1-4-19(5-2)17(20)16-11-15(12-18(3)13-16)14-9-7-6-8-10-14/h6-11,15H,4-5,12-13H2,1-3H3. The van der Waals surface area contributed by atoms with Crippen LogP contribution in [0.2, 0.25) is 0 Å². The molecule has 1 amide bonds. The first-order valence-electron chi connectivity index (χ1n) is 7.39. The largest absolute Gasteiger partial charge is 0.339 e. The van der Waals surface area contributed by atoms with E-state index in [1.165, 1.54) is 5.56 Å². The molecule has 1 unspecified atom stereocenters. The van der Waals surface area contributed by atoms with Crippen LogP contribution in [0.15, 0.2) is 42.0 Å². The zero-order chi connectivity index (χ0) is 14.5. The van der Waals surface area contributed by atoms with E-state index in [0.29, 0.717) is 5.92 Å². The molecule has 0 aliphatic carbocycles. The fraction of sp³-hybridized carbons (Fsp3) is 0.471. The number of nitrogens with zero attached hydrogens (tertiary/aromatic N) is 2. The molecule has 3 nitrogen and oxygen atoms in total. The lowest BCUT2D eigenvalue weighted by Crippen LogP contribution is -2.39. The molecule has 1 aromatic rings. The SMILES string of the molecule is CCN(CC)C(=O)C1=CC(c2ccccc2)CN(C)C1. The van der Waals surface area contributed by atoms with Crippen molar-refractivity contribution in [2.24, 2.45) is 0 Å². The number of hydrogen-bond acceptors (Lipinski definition) is 2. The van der Waals surface area contributed by atoms with E-state index in [2.05, 4.69) is 42.3 Å². The van der Waals surface area contributed by atoms with Crippen molar-refractivity contribution >= 4 is 5.91 Å². The summed E-state index contributed by atoms with van der Waals surface area (Å²) < 4.78 is 0. The van der Waals surface area contributed by atoms with Crippen LogP contribution in [0.3, 0.4) is 0 Å². The Bertz CT molecular complexity index is 477. The summed E-state index contributed by atoms with van der Waals surface area (Å²) in [7, 11) is 2.08. The highest BCUT2D eigenvalue weighted by Crippen LogP contribution is 2.25. The molecule has 108 valence electrons. The van der Waals surface area contributed by atoms with Gasteiger partial charge in [-0.25, -0.2) is 0 Å². The van der Waals surface area contributed by atoms with Crippen molar-refractivity contribution in [1.82, 2.24) is 9.80 Å². The Morgan fingerprint density at radius 3 is 2.50 bits per heavy atom. The normalized spacial score (nSPS) is 19.6. The van der Waals surface area contributed by atoms with Gasteiger partial charge >= 0.3 is 0 Å². The van der Waals surface area contributed by atoms with Gasteiger partial charge in [0.05, 0.1) is 0 Å². The molecule has 1 aliphatic heterocycles. The van der Waals surface area contributed by atoms with E-state index >= 15 is 0 Å². The fourth-order valence-corrected chi connectivity index (χ4v) is 2.79. The third kappa shape index (κ3) is 3.28. The molecule has 3 heteroatoms. The number of benzene rings is 1. The van der Waals surface area contributed by atoms with E-state index in [1.807, 2.05) is 24.8 Å². The van der Waals surface area contributed by atoms with Crippen molar-refractivity contribution < 1.29 is 4.79 Å². The Kier molecular flexibility index (Phi) is 4.96. The Balaban J connectivity index is 2.24. The highest BCUT2D eigenvalue weighted by Gasteiger charge is 2.24. The Labute approximate surface area is 121 Å². The lowest BCUT2D eigenvalue weighted by atomic mass is 9.92. The summed E-state index contributed by atoms with van der Waals surface area (Å²) >= 11 is 0. The van der Waals surface area contributed by atoms with Crippen LogP contribution in [0.4, 0.5) is 0 Å². The number of hydrogen-bond donors (Lipinski definition) is 0. The molecule has 1 aliphatic rings. The first-order valence-corrected chi connectivity index (χ1v) is 7.39. The second kappa shape index (κ2) is 6.71. The van der Waals surface area contributed by atoms with E-state index in [-0.39, 0.29) is 5.91 Å². The van der Waals surface area contributed by atoms with Crippen molar-refractivity contribution in [3.8, 4) is 0 Å². The number of carbonyl (C=O) groups is 1. The van der Waals surface area contributed by atoms with Crippen LogP contribution in [-0.4, -0.2) is 48.9 Å².